The van der Waals surface area contributed by atoms with Crippen molar-refractivity contribution in [3.63, 3.8) is 0 Å². The van der Waals surface area contributed by atoms with Crippen LogP contribution in [0.25, 0.3) is 0 Å². The van der Waals surface area contributed by atoms with Crippen LogP contribution >= 0.6 is 0 Å². The van der Waals surface area contributed by atoms with Gasteiger partial charge < -0.3 is 14.5 Å². The normalized spacial score (nSPS) is 18.3. The third-order valence-corrected chi connectivity index (χ3v) is 5.29. The zero-order chi connectivity index (χ0) is 19.7. The second-order valence-electron chi connectivity index (χ2n) is 7.22. The summed E-state index contributed by atoms with van der Waals surface area (Å²) in [7, 11) is 0. The molecule has 0 aromatic heterocycles. The number of esters is 1. The summed E-state index contributed by atoms with van der Waals surface area (Å²) < 4.78 is 5.24. The first-order valence-electron chi connectivity index (χ1n) is 9.52. The second kappa shape index (κ2) is 7.46. The summed E-state index contributed by atoms with van der Waals surface area (Å²) >= 11 is 0. The van der Waals surface area contributed by atoms with E-state index >= 15 is 0 Å². The highest BCUT2D eigenvalue weighted by Gasteiger charge is 2.31. The fourth-order valence-electron chi connectivity index (χ4n) is 3.92. The molecule has 2 amide bonds. The summed E-state index contributed by atoms with van der Waals surface area (Å²) in [6, 6.07) is 14.5. The van der Waals surface area contributed by atoms with Gasteiger partial charge in [-0.15, -0.1) is 0 Å². The van der Waals surface area contributed by atoms with Crippen molar-refractivity contribution in [2.75, 3.05) is 23.0 Å². The number of para-hydroxylation sites is 1. The lowest BCUT2D eigenvalue weighted by molar-refractivity contribution is -0.122. The average molecular weight is 378 g/mol. The van der Waals surface area contributed by atoms with Crippen LogP contribution in [0.4, 0.5) is 11.4 Å². The van der Waals surface area contributed by atoms with Gasteiger partial charge in [0.25, 0.3) is 5.91 Å². The van der Waals surface area contributed by atoms with E-state index in [0.29, 0.717) is 18.5 Å². The van der Waals surface area contributed by atoms with Gasteiger partial charge >= 0.3 is 5.97 Å². The van der Waals surface area contributed by atoms with Gasteiger partial charge in [0.1, 0.15) is 0 Å². The molecule has 0 bridgehead atoms. The molecule has 0 aliphatic carbocycles. The molecule has 28 heavy (non-hydrogen) atoms. The Balaban J connectivity index is 1.38. The zero-order valence-corrected chi connectivity index (χ0v) is 15.8. The Kier molecular flexibility index (Phi) is 4.86. The standard InChI is InChI=1S/C22H22N2O4/c1-15-13-17-5-2-3-6-19(17)24(15)21(26)14-28-22(27)16-8-10-18(11-9-16)23-12-4-7-20(23)25/h2-3,5-6,8-11,15H,4,7,12-14H2,1H3. The van der Waals surface area contributed by atoms with Crippen LogP contribution in [0.15, 0.2) is 48.5 Å². The molecule has 2 aliphatic rings. The molecule has 6 heteroatoms. The van der Waals surface area contributed by atoms with Gasteiger partial charge in [0.2, 0.25) is 5.91 Å². The fraction of sp³-hybridized carbons (Fsp3) is 0.318. The van der Waals surface area contributed by atoms with Gasteiger partial charge in [0.05, 0.1) is 5.56 Å². The molecule has 2 aromatic carbocycles. The highest BCUT2D eigenvalue weighted by atomic mass is 16.5. The lowest BCUT2D eigenvalue weighted by Gasteiger charge is -2.22. The van der Waals surface area contributed by atoms with E-state index in [-0.39, 0.29) is 24.5 Å². The van der Waals surface area contributed by atoms with Crippen LogP contribution in [-0.2, 0) is 20.7 Å². The summed E-state index contributed by atoms with van der Waals surface area (Å²) in [5.41, 5.74) is 3.15. The largest absolute Gasteiger partial charge is 0.452 e. The molecule has 144 valence electrons. The van der Waals surface area contributed by atoms with Gasteiger partial charge in [-0.05, 0) is 55.7 Å². The molecule has 1 atom stereocenters. The van der Waals surface area contributed by atoms with E-state index in [1.54, 1.807) is 34.1 Å². The van der Waals surface area contributed by atoms with E-state index in [9.17, 15) is 14.4 Å². The first-order valence-corrected chi connectivity index (χ1v) is 9.52. The molecule has 0 N–H and O–H groups in total. The molecule has 1 unspecified atom stereocenters. The van der Waals surface area contributed by atoms with Crippen LogP contribution in [0.2, 0.25) is 0 Å². The number of benzene rings is 2. The van der Waals surface area contributed by atoms with Crippen molar-refractivity contribution in [3.05, 3.63) is 59.7 Å². The van der Waals surface area contributed by atoms with Gasteiger partial charge in [-0.25, -0.2) is 4.79 Å². The van der Waals surface area contributed by atoms with Crippen LogP contribution < -0.4 is 9.80 Å². The maximum absolute atomic E-state index is 12.6. The topological polar surface area (TPSA) is 66.9 Å². The van der Waals surface area contributed by atoms with Crippen molar-refractivity contribution in [3.8, 4) is 0 Å². The van der Waals surface area contributed by atoms with Crippen molar-refractivity contribution in [1.82, 2.24) is 0 Å². The van der Waals surface area contributed by atoms with Crippen LogP contribution in [-0.4, -0.2) is 37.0 Å². The lowest BCUT2D eigenvalue weighted by atomic mass is 10.1. The Morgan fingerprint density at radius 1 is 1.11 bits per heavy atom. The molecule has 6 nitrogen and oxygen atoms in total. The molecule has 0 spiro atoms. The van der Waals surface area contributed by atoms with Gasteiger partial charge in [0.15, 0.2) is 6.61 Å². The first-order chi connectivity index (χ1) is 13.5. The van der Waals surface area contributed by atoms with Crippen LogP contribution in [0.5, 0.6) is 0 Å². The molecule has 0 saturated carbocycles. The number of nitrogens with zero attached hydrogens (tertiary/aromatic N) is 2. The minimum absolute atomic E-state index is 0.0425. The van der Waals surface area contributed by atoms with E-state index in [1.807, 2.05) is 31.2 Å². The number of hydrogen-bond acceptors (Lipinski definition) is 4. The molecule has 4 rings (SSSR count). The van der Waals surface area contributed by atoms with Crippen LogP contribution in [0, 0.1) is 0 Å². The number of ether oxygens (including phenoxy) is 1. The molecule has 2 heterocycles. The number of hydrogen-bond donors (Lipinski definition) is 0. The van der Waals surface area contributed by atoms with Crippen molar-refractivity contribution < 1.29 is 19.1 Å². The third-order valence-electron chi connectivity index (χ3n) is 5.29. The monoisotopic (exact) mass is 378 g/mol. The quantitative estimate of drug-likeness (QED) is 0.767. The SMILES string of the molecule is CC1Cc2ccccc2N1C(=O)COC(=O)c1ccc(N2CCCC2=O)cc1. The van der Waals surface area contributed by atoms with E-state index in [4.69, 9.17) is 4.74 Å². The predicted octanol–water partition coefficient (Wildman–Crippen LogP) is 2.95. The van der Waals surface area contributed by atoms with E-state index in [2.05, 4.69) is 0 Å². The molecule has 1 saturated heterocycles. The maximum atomic E-state index is 12.6. The molecular formula is C22H22N2O4. The minimum Gasteiger partial charge on any atom is -0.452 e. The van der Waals surface area contributed by atoms with Crippen LogP contribution in [0.3, 0.4) is 0 Å². The number of rotatable bonds is 4. The number of fused-ring (bicyclic) bond motifs is 1. The third kappa shape index (κ3) is 3.38. The Labute approximate surface area is 163 Å². The zero-order valence-electron chi connectivity index (χ0n) is 15.8. The summed E-state index contributed by atoms with van der Waals surface area (Å²) in [5.74, 6) is -0.682. The molecule has 2 aliphatic heterocycles. The predicted molar refractivity (Wildman–Crippen MR) is 105 cm³/mol. The molecule has 0 radical (unpaired) electrons. The minimum atomic E-state index is -0.548. The number of carbonyl (C=O) groups excluding carboxylic acids is 3. The van der Waals surface area contributed by atoms with Crippen molar-refractivity contribution in [2.24, 2.45) is 0 Å². The molecule has 2 aromatic rings. The Bertz CT molecular complexity index is 922. The highest BCUT2D eigenvalue weighted by molar-refractivity contribution is 5.99. The maximum Gasteiger partial charge on any atom is 0.338 e. The lowest BCUT2D eigenvalue weighted by Crippen LogP contribution is -2.38. The summed E-state index contributed by atoms with van der Waals surface area (Å²) in [4.78, 5) is 40.2. The van der Waals surface area contributed by atoms with E-state index in [1.165, 1.54) is 0 Å². The average Bonchev–Trinajstić information content (AvgIpc) is 3.28. The van der Waals surface area contributed by atoms with Gasteiger partial charge in [0, 0.05) is 30.4 Å². The Morgan fingerprint density at radius 3 is 2.57 bits per heavy atom. The first kappa shape index (κ1) is 18.2. The molecular weight excluding hydrogens is 356 g/mol. The number of anilines is 2. The summed E-state index contributed by atoms with van der Waals surface area (Å²) in [6.45, 7) is 2.38. The second-order valence-corrected chi connectivity index (χ2v) is 7.22. The van der Waals surface area contributed by atoms with E-state index in [0.717, 1.165) is 29.8 Å². The van der Waals surface area contributed by atoms with Gasteiger partial charge in [-0.3, -0.25) is 9.59 Å². The summed E-state index contributed by atoms with van der Waals surface area (Å²) in [6.07, 6.45) is 2.21. The van der Waals surface area contributed by atoms with E-state index < -0.39 is 5.97 Å². The van der Waals surface area contributed by atoms with Gasteiger partial charge in [-0.2, -0.15) is 0 Å². The molecule has 1 fully saturated rings. The van der Waals surface area contributed by atoms with Crippen LogP contribution in [0.1, 0.15) is 35.7 Å². The van der Waals surface area contributed by atoms with Crippen molar-refractivity contribution in [2.45, 2.75) is 32.2 Å². The summed E-state index contributed by atoms with van der Waals surface area (Å²) in [5, 5.41) is 0. The van der Waals surface area contributed by atoms with Crippen molar-refractivity contribution >= 4 is 29.2 Å². The Hall–Kier alpha value is -3.15. The highest BCUT2D eigenvalue weighted by Crippen LogP contribution is 2.31. The number of amides is 2. The Morgan fingerprint density at radius 2 is 1.86 bits per heavy atom. The van der Waals surface area contributed by atoms with Crippen molar-refractivity contribution in [1.29, 1.82) is 0 Å². The smallest absolute Gasteiger partial charge is 0.338 e. The van der Waals surface area contributed by atoms with Gasteiger partial charge in [-0.1, -0.05) is 18.2 Å². The number of carbonyl (C=O) groups is 3. The fourth-order valence-corrected chi connectivity index (χ4v) is 3.92.